The number of rotatable bonds is 1. The van der Waals surface area contributed by atoms with Crippen molar-refractivity contribution in [3.63, 3.8) is 0 Å². The van der Waals surface area contributed by atoms with Gasteiger partial charge in [-0.05, 0) is 61.8 Å². The molecule has 6 heteroatoms. The number of hydrogen-bond acceptors (Lipinski definition) is 6. The van der Waals surface area contributed by atoms with Crippen molar-refractivity contribution in [2.75, 3.05) is 0 Å². The van der Waals surface area contributed by atoms with Crippen LogP contribution in [0.4, 0.5) is 0 Å². The van der Waals surface area contributed by atoms with Crippen LogP contribution < -0.4 is 5.63 Å². The van der Waals surface area contributed by atoms with Crippen molar-refractivity contribution in [1.29, 1.82) is 0 Å². The van der Waals surface area contributed by atoms with Crippen molar-refractivity contribution >= 4 is 0 Å². The molecule has 1 aromatic rings. The van der Waals surface area contributed by atoms with E-state index < -0.39 is 28.3 Å². The minimum atomic E-state index is -1.09. The summed E-state index contributed by atoms with van der Waals surface area (Å²) in [6.07, 6.45) is 6.81. The lowest BCUT2D eigenvalue weighted by atomic mass is 9.42. The van der Waals surface area contributed by atoms with E-state index in [0.717, 1.165) is 32.1 Å². The highest BCUT2D eigenvalue weighted by Gasteiger charge is 2.85. The van der Waals surface area contributed by atoms with Gasteiger partial charge in [0.25, 0.3) is 0 Å². The Hall–Kier alpha value is -1.21. The predicted octanol–water partition coefficient (Wildman–Crippen LogP) is 2.48. The fourth-order valence-electron chi connectivity index (χ4n) is 8.72. The molecule has 9 atom stereocenters. The summed E-state index contributed by atoms with van der Waals surface area (Å²) in [7, 11) is 0. The molecule has 0 bridgehead atoms. The molecule has 0 radical (unpaired) electrons. The first-order valence-electron chi connectivity index (χ1n) is 11.5. The Morgan fingerprint density at radius 1 is 1.00 bits per heavy atom. The van der Waals surface area contributed by atoms with E-state index in [1.807, 2.05) is 0 Å². The predicted molar refractivity (Wildman–Crippen MR) is 108 cm³/mol. The Bertz CT molecular complexity index is 939. The van der Waals surface area contributed by atoms with Crippen LogP contribution in [0.25, 0.3) is 0 Å². The molecule has 1 saturated heterocycles. The normalized spacial score (nSPS) is 56.4. The average molecular weight is 417 g/mol. The molecule has 6 rings (SSSR count). The van der Waals surface area contributed by atoms with Crippen molar-refractivity contribution in [3.8, 4) is 0 Å². The fraction of sp³-hybridized carbons (Fsp3) is 0.792. The van der Waals surface area contributed by atoms with Crippen molar-refractivity contribution in [1.82, 2.24) is 0 Å². The van der Waals surface area contributed by atoms with Gasteiger partial charge in [-0.3, -0.25) is 0 Å². The van der Waals surface area contributed by atoms with Gasteiger partial charge >= 0.3 is 5.63 Å². The van der Waals surface area contributed by atoms with E-state index in [4.69, 9.17) is 9.15 Å². The number of aliphatic hydroxyl groups is 3. The molecule has 3 N–H and O–H groups in total. The highest BCUT2D eigenvalue weighted by atomic mass is 16.6. The van der Waals surface area contributed by atoms with Crippen LogP contribution in [-0.4, -0.2) is 38.7 Å². The zero-order valence-electron chi connectivity index (χ0n) is 17.8. The molecule has 0 amide bonds. The summed E-state index contributed by atoms with van der Waals surface area (Å²) in [5, 5.41) is 33.8. The molecule has 0 unspecified atom stereocenters. The summed E-state index contributed by atoms with van der Waals surface area (Å²) in [6.45, 7) is 4.37. The zero-order valence-corrected chi connectivity index (χ0v) is 17.8. The SMILES string of the molecule is C[C@]12CC[C@H]3[C@@H](CC[C@]4(O)C[C@@H](O)CC[C@]34C)[C@]13O[C@@H]3C[C@]2(O)c1ccc(=O)oc1. The van der Waals surface area contributed by atoms with E-state index in [1.165, 1.54) is 12.3 Å². The van der Waals surface area contributed by atoms with Crippen molar-refractivity contribution in [2.45, 2.75) is 94.2 Å². The van der Waals surface area contributed by atoms with Gasteiger partial charge in [0, 0.05) is 29.9 Å². The van der Waals surface area contributed by atoms with Gasteiger partial charge in [-0.1, -0.05) is 13.8 Å². The summed E-state index contributed by atoms with van der Waals surface area (Å²) < 4.78 is 11.6. The molecule has 1 spiro atoms. The smallest absolute Gasteiger partial charge is 0.335 e. The summed E-state index contributed by atoms with van der Waals surface area (Å²) in [4.78, 5) is 11.5. The molecular weight excluding hydrogens is 384 g/mol. The van der Waals surface area contributed by atoms with Crippen LogP contribution in [0.1, 0.15) is 70.8 Å². The van der Waals surface area contributed by atoms with E-state index in [9.17, 15) is 20.1 Å². The Labute approximate surface area is 176 Å². The summed E-state index contributed by atoms with van der Waals surface area (Å²) in [5.74, 6) is 0.601. The van der Waals surface area contributed by atoms with E-state index in [1.54, 1.807) is 6.07 Å². The molecule has 1 aromatic heterocycles. The minimum absolute atomic E-state index is 0.00352. The van der Waals surface area contributed by atoms with Crippen LogP contribution >= 0.6 is 0 Å². The largest absolute Gasteiger partial charge is 0.431 e. The second kappa shape index (κ2) is 5.58. The monoisotopic (exact) mass is 416 g/mol. The van der Waals surface area contributed by atoms with Gasteiger partial charge in [0.05, 0.1) is 17.8 Å². The van der Waals surface area contributed by atoms with Crippen LogP contribution in [0.2, 0.25) is 0 Å². The quantitative estimate of drug-likeness (QED) is 0.608. The molecular formula is C24H32O6. The first-order chi connectivity index (χ1) is 14.1. The van der Waals surface area contributed by atoms with Crippen molar-refractivity contribution in [3.05, 3.63) is 34.4 Å². The van der Waals surface area contributed by atoms with E-state index in [0.29, 0.717) is 30.7 Å². The van der Waals surface area contributed by atoms with Crippen LogP contribution in [0, 0.1) is 22.7 Å². The second-order valence-corrected chi connectivity index (χ2v) is 11.3. The molecule has 1 aliphatic heterocycles. The Balaban J connectivity index is 1.40. The topological polar surface area (TPSA) is 103 Å². The maximum atomic E-state index is 12.0. The molecule has 6 nitrogen and oxygen atoms in total. The summed E-state index contributed by atoms with van der Waals surface area (Å²) in [5.41, 5.74) is -2.75. The zero-order chi connectivity index (χ0) is 21.2. The van der Waals surface area contributed by atoms with Gasteiger partial charge in [0.2, 0.25) is 0 Å². The molecule has 30 heavy (non-hydrogen) atoms. The highest BCUT2D eigenvalue weighted by Crippen LogP contribution is 2.79. The summed E-state index contributed by atoms with van der Waals surface area (Å²) in [6, 6.07) is 3.08. The lowest BCUT2D eigenvalue weighted by molar-refractivity contribution is -0.239. The van der Waals surface area contributed by atoms with Crippen molar-refractivity contribution < 1.29 is 24.5 Å². The van der Waals surface area contributed by atoms with Gasteiger partial charge < -0.3 is 24.5 Å². The number of aliphatic hydroxyl groups excluding tert-OH is 1. The highest BCUT2D eigenvalue weighted by molar-refractivity contribution is 5.38. The number of ether oxygens (including phenoxy) is 1. The van der Waals surface area contributed by atoms with E-state index in [2.05, 4.69) is 13.8 Å². The number of epoxide rings is 1. The van der Waals surface area contributed by atoms with Gasteiger partial charge in [-0.2, -0.15) is 0 Å². The Kier molecular flexibility index (Phi) is 3.62. The molecule has 4 saturated carbocycles. The van der Waals surface area contributed by atoms with Gasteiger partial charge in [0.15, 0.2) is 0 Å². The van der Waals surface area contributed by atoms with Crippen LogP contribution in [0.5, 0.6) is 0 Å². The Morgan fingerprint density at radius 2 is 1.77 bits per heavy atom. The van der Waals surface area contributed by atoms with E-state index >= 15 is 0 Å². The second-order valence-electron chi connectivity index (χ2n) is 11.3. The van der Waals surface area contributed by atoms with Gasteiger partial charge in [-0.25, -0.2) is 4.79 Å². The number of hydrogen-bond donors (Lipinski definition) is 3. The molecule has 0 aromatic carbocycles. The summed E-state index contributed by atoms with van der Waals surface area (Å²) >= 11 is 0. The molecule has 164 valence electrons. The van der Waals surface area contributed by atoms with Gasteiger partial charge in [0.1, 0.15) is 17.5 Å². The lowest BCUT2D eigenvalue weighted by Gasteiger charge is -2.64. The first-order valence-corrected chi connectivity index (χ1v) is 11.5. The van der Waals surface area contributed by atoms with Gasteiger partial charge in [-0.15, -0.1) is 0 Å². The molecule has 5 aliphatic rings. The standard InChI is InChI=1S/C24H32O6/c1-20-8-5-15(25)11-22(20,27)10-7-17-16(20)6-9-21(2)23(28,12-18-24(17,21)30-18)14-3-4-19(26)29-13-14/h3-4,13,15-18,25,27-28H,5-12H2,1-2H3/t15-,16-,17+,18+,20+,21+,22-,23-,24+/m0/s1. The lowest BCUT2D eigenvalue weighted by Crippen LogP contribution is -2.66. The van der Waals surface area contributed by atoms with Crippen LogP contribution in [0.15, 0.2) is 27.6 Å². The minimum Gasteiger partial charge on any atom is -0.431 e. The Morgan fingerprint density at radius 3 is 2.50 bits per heavy atom. The fourth-order valence-corrected chi connectivity index (χ4v) is 8.72. The van der Waals surface area contributed by atoms with Crippen LogP contribution in [-0.2, 0) is 10.3 Å². The third-order valence-electron chi connectivity index (χ3n) is 10.5. The molecule has 4 aliphatic carbocycles. The third kappa shape index (κ3) is 1.98. The van der Waals surface area contributed by atoms with Crippen LogP contribution in [0.3, 0.4) is 0 Å². The maximum Gasteiger partial charge on any atom is 0.335 e. The third-order valence-corrected chi connectivity index (χ3v) is 10.5. The van der Waals surface area contributed by atoms with E-state index in [-0.39, 0.29) is 23.0 Å². The first kappa shape index (κ1) is 19.5. The molecule has 5 fully saturated rings. The number of fused-ring (bicyclic) bond motifs is 3. The molecule has 2 heterocycles. The average Bonchev–Trinajstić information content (AvgIpc) is 3.35. The van der Waals surface area contributed by atoms with Crippen molar-refractivity contribution in [2.24, 2.45) is 22.7 Å². The maximum absolute atomic E-state index is 12.0.